The highest BCUT2D eigenvalue weighted by atomic mass is 35.5. The number of benzene rings is 3. The van der Waals surface area contributed by atoms with Gasteiger partial charge in [-0.1, -0.05) is 41.9 Å². The van der Waals surface area contributed by atoms with Crippen LogP contribution in [0.4, 0.5) is 17.1 Å². The van der Waals surface area contributed by atoms with Crippen molar-refractivity contribution in [3.63, 3.8) is 0 Å². The number of anilines is 3. The summed E-state index contributed by atoms with van der Waals surface area (Å²) in [6, 6.07) is 20.9. The van der Waals surface area contributed by atoms with Crippen LogP contribution in [0.3, 0.4) is 0 Å². The van der Waals surface area contributed by atoms with E-state index in [1.54, 1.807) is 54.6 Å². The number of hydrogen-bond acceptors (Lipinski definition) is 4. The van der Waals surface area contributed by atoms with Crippen molar-refractivity contribution in [3.8, 4) is 0 Å². The van der Waals surface area contributed by atoms with Crippen LogP contribution in [-0.4, -0.2) is 17.7 Å². The first-order chi connectivity index (χ1) is 15.4. The van der Waals surface area contributed by atoms with E-state index in [2.05, 4.69) is 10.6 Å². The van der Waals surface area contributed by atoms with E-state index in [4.69, 9.17) is 11.6 Å². The zero-order valence-electron chi connectivity index (χ0n) is 17.5. The average Bonchev–Trinajstić information content (AvgIpc) is 3.01. The molecule has 0 fully saturated rings. The second-order valence-corrected chi connectivity index (χ2v) is 7.75. The van der Waals surface area contributed by atoms with Gasteiger partial charge in [0.15, 0.2) is 0 Å². The van der Waals surface area contributed by atoms with Gasteiger partial charge in [-0.25, -0.2) is 4.90 Å². The van der Waals surface area contributed by atoms with Crippen LogP contribution in [0.2, 0.25) is 0 Å². The van der Waals surface area contributed by atoms with E-state index in [1.807, 2.05) is 32.0 Å². The number of para-hydroxylation sites is 1. The summed E-state index contributed by atoms with van der Waals surface area (Å²) in [5, 5.41) is 5.63. The van der Waals surface area contributed by atoms with Crippen molar-refractivity contribution in [2.45, 2.75) is 13.8 Å². The number of aryl methyl sites for hydroxylation is 1. The number of hydrogen-bond donors (Lipinski definition) is 2. The Bertz CT molecular complexity index is 1250. The SMILES string of the molecule is Cc1cccc(NC(=O)c2ccc(NC3=C(Cl)C(=O)N(c4ccccc4)C3=O)cc2)c1C. The molecule has 1 aliphatic heterocycles. The molecule has 0 atom stereocenters. The number of rotatable bonds is 5. The van der Waals surface area contributed by atoms with Crippen molar-refractivity contribution >= 4 is 46.4 Å². The zero-order chi connectivity index (χ0) is 22.8. The van der Waals surface area contributed by atoms with Crippen LogP contribution in [0.15, 0.2) is 83.5 Å². The minimum absolute atomic E-state index is 0.00638. The van der Waals surface area contributed by atoms with Crippen LogP contribution < -0.4 is 15.5 Å². The molecule has 0 saturated carbocycles. The molecule has 3 aromatic carbocycles. The highest BCUT2D eigenvalue weighted by Crippen LogP contribution is 2.30. The maximum atomic E-state index is 12.8. The molecule has 0 aromatic heterocycles. The van der Waals surface area contributed by atoms with Gasteiger partial charge in [0.05, 0.1) is 5.69 Å². The van der Waals surface area contributed by atoms with Crippen LogP contribution in [0.5, 0.6) is 0 Å². The molecule has 3 aromatic rings. The Morgan fingerprint density at radius 3 is 2.22 bits per heavy atom. The third-order valence-electron chi connectivity index (χ3n) is 5.31. The van der Waals surface area contributed by atoms with Crippen LogP contribution in [0.25, 0.3) is 0 Å². The fourth-order valence-corrected chi connectivity index (χ4v) is 3.57. The van der Waals surface area contributed by atoms with Gasteiger partial charge in [0, 0.05) is 16.9 Å². The lowest BCUT2D eigenvalue weighted by atomic mass is 10.1. The standard InChI is InChI=1S/C25H20ClN3O3/c1-15-7-6-10-20(16(15)2)28-23(30)17-11-13-18(14-12-17)27-22-21(26)24(31)29(25(22)32)19-8-4-3-5-9-19/h3-14,27H,1-2H3,(H,28,30). The van der Waals surface area contributed by atoms with E-state index in [-0.39, 0.29) is 16.6 Å². The normalized spacial score (nSPS) is 13.5. The van der Waals surface area contributed by atoms with E-state index >= 15 is 0 Å². The first-order valence-corrected chi connectivity index (χ1v) is 10.3. The average molecular weight is 446 g/mol. The molecule has 6 nitrogen and oxygen atoms in total. The summed E-state index contributed by atoms with van der Waals surface area (Å²) in [6.45, 7) is 3.94. The van der Waals surface area contributed by atoms with Gasteiger partial charge in [0.25, 0.3) is 17.7 Å². The Morgan fingerprint density at radius 2 is 1.53 bits per heavy atom. The number of imide groups is 1. The maximum absolute atomic E-state index is 12.8. The summed E-state index contributed by atoms with van der Waals surface area (Å²) in [5.74, 6) is -1.37. The van der Waals surface area contributed by atoms with E-state index in [9.17, 15) is 14.4 Å². The van der Waals surface area contributed by atoms with Crippen molar-refractivity contribution in [2.75, 3.05) is 15.5 Å². The summed E-state index contributed by atoms with van der Waals surface area (Å²) in [4.78, 5) is 39.0. The third-order valence-corrected chi connectivity index (χ3v) is 5.66. The molecule has 7 heteroatoms. The molecule has 2 N–H and O–H groups in total. The molecule has 0 aliphatic carbocycles. The highest BCUT2D eigenvalue weighted by Gasteiger charge is 2.38. The van der Waals surface area contributed by atoms with Crippen molar-refractivity contribution < 1.29 is 14.4 Å². The molecule has 0 radical (unpaired) electrons. The minimum Gasteiger partial charge on any atom is -0.350 e. The first-order valence-electron chi connectivity index (χ1n) is 9.95. The molecule has 3 amide bonds. The van der Waals surface area contributed by atoms with Crippen LogP contribution >= 0.6 is 11.6 Å². The largest absolute Gasteiger partial charge is 0.350 e. The van der Waals surface area contributed by atoms with Gasteiger partial charge >= 0.3 is 0 Å². The Hall–Kier alpha value is -3.90. The Balaban J connectivity index is 1.49. The molecule has 1 heterocycles. The Labute approximate surface area is 190 Å². The number of halogens is 1. The first kappa shape index (κ1) is 21.3. The summed E-state index contributed by atoms with van der Waals surface area (Å²) < 4.78 is 0. The number of nitrogens with zero attached hydrogens (tertiary/aromatic N) is 1. The lowest BCUT2D eigenvalue weighted by Crippen LogP contribution is -2.32. The van der Waals surface area contributed by atoms with Gasteiger partial charge in [0.2, 0.25) is 0 Å². The molecule has 0 bridgehead atoms. The third kappa shape index (κ3) is 4.00. The van der Waals surface area contributed by atoms with E-state index < -0.39 is 11.8 Å². The predicted molar refractivity (Wildman–Crippen MR) is 126 cm³/mol. The quantitative estimate of drug-likeness (QED) is 0.542. The van der Waals surface area contributed by atoms with E-state index in [0.717, 1.165) is 21.7 Å². The summed E-state index contributed by atoms with van der Waals surface area (Å²) >= 11 is 6.16. The molecule has 32 heavy (non-hydrogen) atoms. The second-order valence-electron chi connectivity index (χ2n) is 7.37. The van der Waals surface area contributed by atoms with Crippen molar-refractivity contribution in [2.24, 2.45) is 0 Å². The molecule has 1 aliphatic rings. The fourth-order valence-electron chi connectivity index (χ4n) is 3.35. The van der Waals surface area contributed by atoms with Gasteiger partial charge in [-0.3, -0.25) is 14.4 Å². The number of nitrogens with one attached hydrogen (secondary N) is 2. The van der Waals surface area contributed by atoms with Crippen molar-refractivity contribution in [1.82, 2.24) is 0 Å². The summed E-state index contributed by atoms with van der Waals surface area (Å²) in [7, 11) is 0. The van der Waals surface area contributed by atoms with Gasteiger partial charge in [-0.2, -0.15) is 0 Å². The van der Waals surface area contributed by atoms with Gasteiger partial charge < -0.3 is 10.6 Å². The number of carbonyl (C=O) groups excluding carboxylic acids is 3. The summed E-state index contributed by atoms with van der Waals surface area (Å²) in [5.41, 5.74) is 4.27. The lowest BCUT2D eigenvalue weighted by Gasteiger charge is -2.15. The molecule has 160 valence electrons. The van der Waals surface area contributed by atoms with Crippen LogP contribution in [-0.2, 0) is 9.59 Å². The Morgan fingerprint density at radius 1 is 0.844 bits per heavy atom. The van der Waals surface area contributed by atoms with Crippen molar-refractivity contribution in [1.29, 1.82) is 0 Å². The molecule has 0 saturated heterocycles. The van der Waals surface area contributed by atoms with Crippen LogP contribution in [0.1, 0.15) is 21.5 Å². The number of amides is 3. The molecular weight excluding hydrogens is 426 g/mol. The Kier molecular flexibility index (Phi) is 5.79. The van der Waals surface area contributed by atoms with Gasteiger partial charge in [-0.15, -0.1) is 0 Å². The molecule has 0 spiro atoms. The second kappa shape index (κ2) is 8.69. The summed E-state index contributed by atoms with van der Waals surface area (Å²) in [6.07, 6.45) is 0. The topological polar surface area (TPSA) is 78.5 Å². The smallest absolute Gasteiger partial charge is 0.283 e. The molecular formula is C25H20ClN3O3. The number of carbonyl (C=O) groups is 3. The lowest BCUT2D eigenvalue weighted by molar-refractivity contribution is -0.120. The van der Waals surface area contributed by atoms with Gasteiger partial charge in [0.1, 0.15) is 10.7 Å². The van der Waals surface area contributed by atoms with Gasteiger partial charge in [-0.05, 0) is 67.4 Å². The van der Waals surface area contributed by atoms with Crippen molar-refractivity contribution in [3.05, 3.63) is 100 Å². The highest BCUT2D eigenvalue weighted by molar-refractivity contribution is 6.53. The van der Waals surface area contributed by atoms with E-state index in [0.29, 0.717) is 16.9 Å². The fraction of sp³-hybridized carbons (Fsp3) is 0.0800. The van der Waals surface area contributed by atoms with E-state index in [1.165, 1.54) is 0 Å². The van der Waals surface area contributed by atoms with Crippen LogP contribution in [0, 0.1) is 13.8 Å². The predicted octanol–water partition coefficient (Wildman–Crippen LogP) is 4.99. The minimum atomic E-state index is -0.588. The molecule has 0 unspecified atom stereocenters. The monoisotopic (exact) mass is 445 g/mol. The molecule has 4 rings (SSSR count). The maximum Gasteiger partial charge on any atom is 0.283 e. The zero-order valence-corrected chi connectivity index (χ0v) is 18.2.